The summed E-state index contributed by atoms with van der Waals surface area (Å²) in [5.74, 6) is -0.0617. The molecule has 2 aromatic carbocycles. The largest absolute Gasteiger partial charge is 0.362 e. The molecular formula is C21H23ClF2N2O. The van der Waals surface area contributed by atoms with E-state index in [1.807, 2.05) is 57.4 Å². The van der Waals surface area contributed by atoms with Crippen LogP contribution < -0.4 is 0 Å². The summed E-state index contributed by atoms with van der Waals surface area (Å²) >= 11 is 6.14. The van der Waals surface area contributed by atoms with Crippen molar-refractivity contribution in [3.63, 3.8) is 0 Å². The molecule has 1 aliphatic heterocycles. The third-order valence-corrected chi connectivity index (χ3v) is 4.23. The van der Waals surface area contributed by atoms with Gasteiger partial charge in [-0.3, -0.25) is 0 Å². The first kappa shape index (κ1) is 21.1. The number of epoxide rings is 1. The molecule has 1 saturated heterocycles. The maximum Gasteiger partial charge on any atom is 0.126 e. The second kappa shape index (κ2) is 10.2. The Balaban J connectivity index is 0.000000220. The molecular weight excluding hydrogens is 370 g/mol. The number of hydrogen-bond donors (Lipinski definition) is 0. The molecule has 0 bridgehead atoms. The third kappa shape index (κ3) is 6.15. The van der Waals surface area contributed by atoms with E-state index in [4.69, 9.17) is 16.3 Å². The highest BCUT2D eigenvalue weighted by Gasteiger charge is 2.41. The maximum absolute atomic E-state index is 11.9. The molecule has 0 amide bonds. The van der Waals surface area contributed by atoms with E-state index in [-0.39, 0.29) is 12.2 Å². The Hall–Kier alpha value is -2.24. The van der Waals surface area contributed by atoms with Crippen molar-refractivity contribution in [3.05, 3.63) is 89.0 Å². The lowest BCUT2D eigenvalue weighted by molar-refractivity contribution is 0.355. The number of benzene rings is 2. The summed E-state index contributed by atoms with van der Waals surface area (Å²) in [7, 11) is 0. The Morgan fingerprint density at radius 2 is 1.74 bits per heavy atom. The summed E-state index contributed by atoms with van der Waals surface area (Å²) in [6.45, 7) is 6.83. The average Bonchev–Trinajstić information content (AvgIpc) is 3.30. The SMILES string of the molecule is CC.Cc1nccn1CC1O[C@H]1c1ccccc1Cl.Fc1cccc(F)c1. The van der Waals surface area contributed by atoms with Crippen LogP contribution in [0.5, 0.6) is 0 Å². The Morgan fingerprint density at radius 1 is 1.07 bits per heavy atom. The van der Waals surface area contributed by atoms with Crippen LogP contribution in [0.15, 0.2) is 60.9 Å². The third-order valence-electron chi connectivity index (χ3n) is 3.88. The van der Waals surface area contributed by atoms with E-state index in [1.165, 1.54) is 18.2 Å². The van der Waals surface area contributed by atoms with Gasteiger partial charge in [-0.2, -0.15) is 0 Å². The first-order valence-corrected chi connectivity index (χ1v) is 9.21. The van der Waals surface area contributed by atoms with Crippen LogP contribution in [0.3, 0.4) is 0 Å². The highest BCUT2D eigenvalue weighted by Crippen LogP contribution is 2.42. The standard InChI is InChI=1S/C13H13ClN2O.C6H4F2.C2H6/c1-9-15-6-7-16(9)8-12-13(17-12)10-4-2-3-5-11(10)14;7-5-2-1-3-6(8)4-5;1-2/h2-7,12-13H,8H2,1H3;1-4H;1-2H3/t12?,13-;;/m0../s1. The maximum atomic E-state index is 11.9. The van der Waals surface area contributed by atoms with Gasteiger partial charge in [-0.15, -0.1) is 0 Å². The normalized spacial score (nSPS) is 17.3. The number of halogens is 3. The van der Waals surface area contributed by atoms with Crippen LogP contribution in [0, 0.1) is 18.6 Å². The minimum atomic E-state index is -0.537. The Kier molecular flexibility index (Phi) is 7.95. The van der Waals surface area contributed by atoms with Gasteiger partial charge < -0.3 is 9.30 Å². The molecule has 1 unspecified atom stereocenters. The fourth-order valence-corrected chi connectivity index (χ4v) is 2.75. The van der Waals surface area contributed by atoms with Crippen LogP contribution in [0.2, 0.25) is 5.02 Å². The number of imidazole rings is 1. The van der Waals surface area contributed by atoms with Crippen molar-refractivity contribution < 1.29 is 13.5 Å². The van der Waals surface area contributed by atoms with Crippen molar-refractivity contribution in [2.24, 2.45) is 0 Å². The van der Waals surface area contributed by atoms with Gasteiger partial charge in [0.05, 0.1) is 6.54 Å². The summed E-state index contributed by atoms with van der Waals surface area (Å²) in [6.07, 6.45) is 4.12. The monoisotopic (exact) mass is 392 g/mol. The van der Waals surface area contributed by atoms with Gasteiger partial charge >= 0.3 is 0 Å². The molecule has 6 heteroatoms. The molecule has 144 valence electrons. The first-order chi connectivity index (χ1) is 13.0. The van der Waals surface area contributed by atoms with Crippen LogP contribution >= 0.6 is 11.6 Å². The first-order valence-electron chi connectivity index (χ1n) is 8.83. The van der Waals surface area contributed by atoms with Gasteiger partial charge in [-0.05, 0) is 25.1 Å². The van der Waals surface area contributed by atoms with Gasteiger partial charge in [0.2, 0.25) is 0 Å². The fourth-order valence-electron chi connectivity index (χ4n) is 2.51. The molecule has 3 nitrogen and oxygen atoms in total. The number of rotatable bonds is 3. The van der Waals surface area contributed by atoms with Crippen molar-refractivity contribution >= 4 is 11.6 Å². The lowest BCUT2D eigenvalue weighted by Crippen LogP contribution is -2.05. The number of aromatic nitrogens is 2. The van der Waals surface area contributed by atoms with Gasteiger partial charge in [-0.25, -0.2) is 13.8 Å². The van der Waals surface area contributed by atoms with Gasteiger partial charge in [0, 0.05) is 29.0 Å². The molecule has 4 rings (SSSR count). The minimum Gasteiger partial charge on any atom is -0.362 e. The molecule has 0 radical (unpaired) electrons. The van der Waals surface area contributed by atoms with Crippen molar-refractivity contribution in [2.45, 2.75) is 39.5 Å². The van der Waals surface area contributed by atoms with Gasteiger partial charge in [0.15, 0.2) is 0 Å². The molecule has 0 saturated carbocycles. The van der Waals surface area contributed by atoms with Crippen molar-refractivity contribution in [3.8, 4) is 0 Å². The topological polar surface area (TPSA) is 30.4 Å². The fraction of sp³-hybridized carbons (Fsp3) is 0.286. The summed E-state index contributed by atoms with van der Waals surface area (Å²) in [5, 5.41) is 0.780. The molecule has 3 aromatic rings. The summed E-state index contributed by atoms with van der Waals surface area (Å²) in [5.41, 5.74) is 1.08. The average molecular weight is 393 g/mol. The van der Waals surface area contributed by atoms with E-state index in [1.54, 1.807) is 0 Å². The van der Waals surface area contributed by atoms with Gasteiger partial charge in [-0.1, -0.05) is 49.7 Å². The number of ether oxygens (including phenoxy) is 1. The van der Waals surface area contributed by atoms with E-state index >= 15 is 0 Å². The van der Waals surface area contributed by atoms with Crippen molar-refractivity contribution in [1.29, 1.82) is 0 Å². The van der Waals surface area contributed by atoms with E-state index in [2.05, 4.69) is 9.55 Å². The smallest absolute Gasteiger partial charge is 0.126 e. The number of nitrogens with zero attached hydrogens (tertiary/aromatic N) is 2. The summed E-state index contributed by atoms with van der Waals surface area (Å²) < 4.78 is 31.6. The lowest BCUT2D eigenvalue weighted by atomic mass is 10.1. The lowest BCUT2D eigenvalue weighted by Gasteiger charge is -2.02. The Labute approximate surface area is 163 Å². The zero-order chi connectivity index (χ0) is 19.8. The molecule has 1 aromatic heterocycles. The molecule has 2 heterocycles. The van der Waals surface area contributed by atoms with E-state index in [0.717, 1.165) is 29.0 Å². The molecule has 2 atom stereocenters. The zero-order valence-electron chi connectivity index (χ0n) is 15.6. The summed E-state index contributed by atoms with van der Waals surface area (Å²) in [4.78, 5) is 4.19. The molecule has 1 fully saturated rings. The van der Waals surface area contributed by atoms with Gasteiger partial charge in [0.25, 0.3) is 0 Å². The minimum absolute atomic E-state index is 0.130. The van der Waals surface area contributed by atoms with E-state index < -0.39 is 11.6 Å². The molecule has 0 spiro atoms. The Bertz CT molecular complexity index is 836. The van der Waals surface area contributed by atoms with E-state index in [0.29, 0.717) is 0 Å². The second-order valence-electron chi connectivity index (χ2n) is 5.68. The van der Waals surface area contributed by atoms with Crippen LogP contribution in [0.4, 0.5) is 8.78 Å². The zero-order valence-corrected chi connectivity index (χ0v) is 16.3. The van der Waals surface area contributed by atoms with Crippen LogP contribution in [0.25, 0.3) is 0 Å². The number of hydrogen-bond acceptors (Lipinski definition) is 2. The molecule has 0 N–H and O–H groups in total. The highest BCUT2D eigenvalue weighted by atomic mass is 35.5. The molecule has 1 aliphatic rings. The predicted molar refractivity (Wildman–Crippen MR) is 104 cm³/mol. The Morgan fingerprint density at radius 3 is 2.26 bits per heavy atom. The van der Waals surface area contributed by atoms with Gasteiger partial charge in [0.1, 0.15) is 29.7 Å². The molecule has 27 heavy (non-hydrogen) atoms. The number of aryl methyl sites for hydroxylation is 1. The highest BCUT2D eigenvalue weighted by molar-refractivity contribution is 6.31. The van der Waals surface area contributed by atoms with Crippen LogP contribution in [-0.4, -0.2) is 15.7 Å². The van der Waals surface area contributed by atoms with E-state index in [9.17, 15) is 8.78 Å². The molecule has 0 aliphatic carbocycles. The second-order valence-corrected chi connectivity index (χ2v) is 6.09. The quantitative estimate of drug-likeness (QED) is 0.513. The van der Waals surface area contributed by atoms with Crippen molar-refractivity contribution in [2.75, 3.05) is 0 Å². The predicted octanol–water partition coefficient (Wildman–Crippen LogP) is 5.98. The summed E-state index contributed by atoms with van der Waals surface area (Å²) in [6, 6.07) is 12.4. The van der Waals surface area contributed by atoms with Crippen molar-refractivity contribution in [1.82, 2.24) is 9.55 Å². The van der Waals surface area contributed by atoms with Crippen LogP contribution in [-0.2, 0) is 11.3 Å². The van der Waals surface area contributed by atoms with Crippen LogP contribution in [0.1, 0.15) is 31.3 Å².